The van der Waals surface area contributed by atoms with Crippen LogP contribution in [0, 0.1) is 6.92 Å². The molecule has 6 heteroatoms. The van der Waals surface area contributed by atoms with Crippen molar-refractivity contribution < 1.29 is 14.7 Å². The molecule has 0 saturated carbocycles. The van der Waals surface area contributed by atoms with Gasteiger partial charge in [-0.2, -0.15) is 11.8 Å². The molecular formula is C17H17NO3S2. The smallest absolute Gasteiger partial charge is 0.345 e. The molecule has 0 aliphatic carbocycles. The highest BCUT2D eigenvalue weighted by atomic mass is 32.2. The van der Waals surface area contributed by atoms with E-state index in [-0.39, 0.29) is 16.8 Å². The van der Waals surface area contributed by atoms with Crippen molar-refractivity contribution in [3.8, 4) is 0 Å². The van der Waals surface area contributed by atoms with Gasteiger partial charge in [0.2, 0.25) is 0 Å². The number of benzene rings is 1. The minimum absolute atomic E-state index is 0.0391. The molecule has 1 amide bonds. The maximum atomic E-state index is 12.8. The van der Waals surface area contributed by atoms with Gasteiger partial charge in [0.25, 0.3) is 5.91 Å². The molecule has 1 fully saturated rings. The number of carbonyl (C=O) groups is 2. The predicted octanol–water partition coefficient (Wildman–Crippen LogP) is 3.69. The first-order valence-electron chi connectivity index (χ1n) is 7.34. The third-order valence-electron chi connectivity index (χ3n) is 3.88. The molecule has 1 N–H and O–H groups in total. The topological polar surface area (TPSA) is 57.6 Å². The molecule has 2 aromatic rings. The number of hydrogen-bond acceptors (Lipinski definition) is 4. The molecular weight excluding hydrogens is 330 g/mol. The van der Waals surface area contributed by atoms with Gasteiger partial charge >= 0.3 is 5.97 Å². The molecule has 0 spiro atoms. The number of carbonyl (C=O) groups excluding carboxylic acids is 1. The van der Waals surface area contributed by atoms with Crippen LogP contribution in [-0.4, -0.2) is 39.9 Å². The molecule has 1 aliphatic heterocycles. The van der Waals surface area contributed by atoms with Crippen molar-refractivity contribution in [3.05, 3.63) is 57.3 Å². The number of carboxylic acids is 1. The number of hydrogen-bond donors (Lipinski definition) is 1. The van der Waals surface area contributed by atoms with Crippen LogP contribution in [0.4, 0.5) is 0 Å². The zero-order valence-corrected chi connectivity index (χ0v) is 14.3. The summed E-state index contributed by atoms with van der Waals surface area (Å²) >= 11 is 2.89. The normalized spacial score (nSPS) is 18.0. The van der Waals surface area contributed by atoms with Gasteiger partial charge in [-0.05, 0) is 24.6 Å². The van der Waals surface area contributed by atoms with Gasteiger partial charge in [0.15, 0.2) is 0 Å². The summed E-state index contributed by atoms with van der Waals surface area (Å²) in [6.45, 7) is 2.73. The lowest BCUT2D eigenvalue weighted by molar-refractivity contribution is 0.0696. The Labute approximate surface area is 143 Å². The third kappa shape index (κ3) is 3.43. The molecule has 1 saturated heterocycles. The number of thiophene rings is 1. The van der Waals surface area contributed by atoms with Gasteiger partial charge in [-0.25, -0.2) is 4.79 Å². The summed E-state index contributed by atoms with van der Waals surface area (Å²) in [5.41, 5.74) is 2.32. The second-order valence-corrected chi connectivity index (χ2v) is 7.70. The van der Waals surface area contributed by atoms with E-state index in [4.69, 9.17) is 5.11 Å². The fourth-order valence-electron chi connectivity index (χ4n) is 2.62. The summed E-state index contributed by atoms with van der Waals surface area (Å²) in [5, 5.41) is 9.03. The largest absolute Gasteiger partial charge is 0.477 e. The van der Waals surface area contributed by atoms with Gasteiger partial charge in [-0.1, -0.05) is 29.8 Å². The average molecular weight is 347 g/mol. The molecule has 1 unspecified atom stereocenters. The van der Waals surface area contributed by atoms with Crippen LogP contribution < -0.4 is 0 Å². The van der Waals surface area contributed by atoms with Crippen molar-refractivity contribution in [3.63, 3.8) is 0 Å². The summed E-state index contributed by atoms with van der Waals surface area (Å²) in [5.74, 6) is 0.712. The molecule has 0 bridgehead atoms. The van der Waals surface area contributed by atoms with Gasteiger partial charge in [0, 0.05) is 18.1 Å². The predicted molar refractivity (Wildman–Crippen MR) is 93.6 cm³/mol. The number of amides is 1. The first-order valence-corrected chi connectivity index (χ1v) is 9.32. The van der Waals surface area contributed by atoms with E-state index in [9.17, 15) is 9.59 Å². The van der Waals surface area contributed by atoms with Gasteiger partial charge in [0.1, 0.15) is 4.88 Å². The number of carboxylic acid groups (broad SMARTS) is 1. The highest BCUT2D eigenvalue weighted by molar-refractivity contribution is 7.99. The summed E-state index contributed by atoms with van der Waals surface area (Å²) < 4.78 is 0. The quantitative estimate of drug-likeness (QED) is 0.920. The highest BCUT2D eigenvalue weighted by Crippen LogP contribution is 2.32. The molecule has 1 atom stereocenters. The van der Waals surface area contributed by atoms with Crippen LogP contribution in [0.2, 0.25) is 0 Å². The maximum Gasteiger partial charge on any atom is 0.345 e. The van der Waals surface area contributed by atoms with E-state index in [1.165, 1.54) is 11.6 Å². The second kappa shape index (κ2) is 6.76. The molecule has 4 nitrogen and oxygen atoms in total. The Kier molecular flexibility index (Phi) is 4.73. The Hall–Kier alpha value is -1.79. The Bertz CT molecular complexity index is 724. The van der Waals surface area contributed by atoms with Crippen LogP contribution in [-0.2, 0) is 0 Å². The monoisotopic (exact) mass is 347 g/mol. The van der Waals surface area contributed by atoms with Crippen molar-refractivity contribution in [1.29, 1.82) is 0 Å². The van der Waals surface area contributed by atoms with E-state index in [0.717, 1.165) is 28.4 Å². The number of rotatable bonds is 3. The second-order valence-electron chi connectivity index (χ2n) is 5.47. The van der Waals surface area contributed by atoms with E-state index in [1.54, 1.807) is 6.07 Å². The highest BCUT2D eigenvalue weighted by Gasteiger charge is 2.30. The van der Waals surface area contributed by atoms with Crippen molar-refractivity contribution >= 4 is 35.0 Å². The lowest BCUT2D eigenvalue weighted by Crippen LogP contribution is -2.40. The van der Waals surface area contributed by atoms with Crippen molar-refractivity contribution in [2.75, 3.05) is 18.1 Å². The van der Waals surface area contributed by atoms with Crippen molar-refractivity contribution in [2.45, 2.75) is 13.0 Å². The molecule has 0 radical (unpaired) electrons. The molecule has 1 aromatic heterocycles. The zero-order chi connectivity index (χ0) is 16.4. The van der Waals surface area contributed by atoms with Crippen LogP contribution in [0.3, 0.4) is 0 Å². The molecule has 120 valence electrons. The van der Waals surface area contributed by atoms with Gasteiger partial charge in [0.05, 0.1) is 10.9 Å². The minimum Gasteiger partial charge on any atom is -0.477 e. The van der Waals surface area contributed by atoms with E-state index >= 15 is 0 Å². The molecule has 2 heterocycles. The Morgan fingerprint density at radius 2 is 1.83 bits per heavy atom. The van der Waals surface area contributed by atoms with Crippen LogP contribution in [0.15, 0.2) is 36.4 Å². The Balaban J connectivity index is 1.86. The zero-order valence-electron chi connectivity index (χ0n) is 12.7. The Morgan fingerprint density at radius 3 is 2.48 bits per heavy atom. The molecule has 23 heavy (non-hydrogen) atoms. The minimum atomic E-state index is -0.988. The van der Waals surface area contributed by atoms with Crippen molar-refractivity contribution in [1.82, 2.24) is 4.90 Å². The first kappa shape index (κ1) is 16.1. The summed E-state index contributed by atoms with van der Waals surface area (Å²) in [6, 6.07) is 11.4. The fraction of sp³-hybridized carbons (Fsp3) is 0.294. The van der Waals surface area contributed by atoms with Crippen LogP contribution in [0.1, 0.15) is 36.5 Å². The summed E-state index contributed by atoms with van der Waals surface area (Å²) in [4.78, 5) is 26.4. The van der Waals surface area contributed by atoms with Gasteiger partial charge < -0.3 is 10.0 Å². The maximum absolute atomic E-state index is 12.8. The van der Waals surface area contributed by atoms with E-state index in [2.05, 4.69) is 24.3 Å². The summed E-state index contributed by atoms with van der Waals surface area (Å²) in [6.07, 6.45) is 0. The summed E-state index contributed by atoms with van der Waals surface area (Å²) in [7, 11) is 0. The van der Waals surface area contributed by atoms with Crippen molar-refractivity contribution in [2.24, 2.45) is 0 Å². The number of thioether (sulfide) groups is 1. The third-order valence-corrected chi connectivity index (χ3v) is 5.96. The van der Waals surface area contributed by atoms with E-state index < -0.39 is 5.97 Å². The standard InChI is InChI=1S/C17H17NO3S2/c1-11-2-4-12(5-3-11)13-10-22-9-8-18(13)16(19)14-6-7-15(23-14)17(20)21/h2-7,13H,8-10H2,1H3,(H,20,21). The Morgan fingerprint density at radius 1 is 1.13 bits per heavy atom. The van der Waals surface area contributed by atoms with E-state index in [0.29, 0.717) is 11.4 Å². The molecule has 1 aliphatic rings. The van der Waals surface area contributed by atoms with E-state index in [1.807, 2.05) is 23.6 Å². The van der Waals surface area contributed by atoms with Gasteiger partial charge in [-0.3, -0.25) is 4.79 Å². The number of nitrogens with zero attached hydrogens (tertiary/aromatic N) is 1. The number of aromatic carboxylic acids is 1. The average Bonchev–Trinajstić information content (AvgIpc) is 3.05. The van der Waals surface area contributed by atoms with Crippen LogP contribution in [0.5, 0.6) is 0 Å². The first-order chi connectivity index (χ1) is 11.1. The molecule has 3 rings (SSSR count). The van der Waals surface area contributed by atoms with Crippen LogP contribution >= 0.6 is 23.1 Å². The van der Waals surface area contributed by atoms with Gasteiger partial charge in [-0.15, -0.1) is 11.3 Å². The molecule has 1 aromatic carbocycles. The number of aryl methyl sites for hydroxylation is 1. The SMILES string of the molecule is Cc1ccc(C2CSCCN2C(=O)c2ccc(C(=O)O)s2)cc1. The lowest BCUT2D eigenvalue weighted by atomic mass is 10.0. The van der Waals surface area contributed by atoms with Crippen LogP contribution in [0.25, 0.3) is 0 Å². The lowest BCUT2D eigenvalue weighted by Gasteiger charge is -2.35. The fourth-order valence-corrected chi connectivity index (χ4v) is 4.51.